The van der Waals surface area contributed by atoms with Crippen LogP contribution in [0.4, 0.5) is 0 Å². The summed E-state index contributed by atoms with van der Waals surface area (Å²) in [7, 11) is 2.90. The fourth-order valence-electron chi connectivity index (χ4n) is 3.85. The standard InChI is InChI=1S/C23H31N3O4/c1-4-5-6-7-8-9-10-11-12-17(25-26-24)16-15-18(27)21-19(29-2)13-14-20(30-3)22(21)23(16)28/h13-15,17H,4-12H2,1-3H3. The number of methoxy groups -OCH3 is 2. The van der Waals surface area contributed by atoms with Crippen LogP contribution in [-0.2, 0) is 0 Å². The molecule has 0 radical (unpaired) electrons. The van der Waals surface area contributed by atoms with Gasteiger partial charge in [0.05, 0.1) is 31.4 Å². The number of allylic oxidation sites excluding steroid dienone is 1. The topological polar surface area (TPSA) is 101 Å². The van der Waals surface area contributed by atoms with Gasteiger partial charge in [-0.25, -0.2) is 0 Å². The minimum atomic E-state index is -0.671. The molecule has 0 amide bonds. The lowest BCUT2D eigenvalue weighted by Gasteiger charge is -2.22. The summed E-state index contributed by atoms with van der Waals surface area (Å²) in [5, 5.41) is 3.83. The normalized spacial score (nSPS) is 13.9. The fraction of sp³-hybridized carbons (Fsp3) is 0.565. The number of ether oxygens (including phenoxy) is 2. The summed E-state index contributed by atoms with van der Waals surface area (Å²) < 4.78 is 10.6. The smallest absolute Gasteiger partial charge is 0.194 e. The number of hydrogen-bond donors (Lipinski definition) is 0. The van der Waals surface area contributed by atoms with Crippen molar-refractivity contribution in [2.45, 2.75) is 70.8 Å². The highest BCUT2D eigenvalue weighted by Crippen LogP contribution is 2.37. The van der Waals surface area contributed by atoms with Gasteiger partial charge in [-0.1, -0.05) is 63.4 Å². The van der Waals surface area contributed by atoms with Gasteiger partial charge >= 0.3 is 0 Å². The van der Waals surface area contributed by atoms with Gasteiger partial charge in [-0.05, 0) is 30.2 Å². The second-order valence-electron chi connectivity index (χ2n) is 7.50. The average molecular weight is 414 g/mol. The summed E-state index contributed by atoms with van der Waals surface area (Å²) in [5.74, 6) is -0.0638. The van der Waals surface area contributed by atoms with Gasteiger partial charge in [0.15, 0.2) is 11.6 Å². The summed E-state index contributed by atoms with van der Waals surface area (Å²) in [5.41, 5.74) is 9.60. The summed E-state index contributed by atoms with van der Waals surface area (Å²) in [4.78, 5) is 28.9. The molecule has 7 heteroatoms. The van der Waals surface area contributed by atoms with E-state index < -0.39 is 6.04 Å². The van der Waals surface area contributed by atoms with Crippen LogP contribution in [0, 0.1) is 0 Å². The van der Waals surface area contributed by atoms with Crippen molar-refractivity contribution in [2.75, 3.05) is 14.2 Å². The Morgan fingerprint density at radius 2 is 1.50 bits per heavy atom. The molecule has 0 spiro atoms. The van der Waals surface area contributed by atoms with Crippen molar-refractivity contribution in [3.63, 3.8) is 0 Å². The maximum atomic E-state index is 13.2. The minimum absolute atomic E-state index is 0.174. The van der Waals surface area contributed by atoms with Crippen LogP contribution in [0.3, 0.4) is 0 Å². The molecule has 1 aliphatic rings. The number of ketones is 2. The molecule has 0 saturated heterocycles. The van der Waals surface area contributed by atoms with Crippen molar-refractivity contribution in [1.82, 2.24) is 0 Å². The summed E-state index contributed by atoms with van der Waals surface area (Å²) in [6.45, 7) is 2.20. The van der Waals surface area contributed by atoms with Crippen LogP contribution in [0.2, 0.25) is 0 Å². The van der Waals surface area contributed by atoms with Crippen LogP contribution >= 0.6 is 0 Å². The molecule has 162 valence electrons. The number of unbranched alkanes of at least 4 members (excludes halogenated alkanes) is 7. The second-order valence-corrected chi connectivity index (χ2v) is 7.50. The van der Waals surface area contributed by atoms with Crippen LogP contribution in [0.25, 0.3) is 10.4 Å². The summed E-state index contributed by atoms with van der Waals surface area (Å²) >= 11 is 0. The van der Waals surface area contributed by atoms with Crippen LogP contribution in [0.1, 0.15) is 85.4 Å². The highest BCUT2D eigenvalue weighted by molar-refractivity contribution is 6.27. The Bertz CT molecular complexity index is 841. The van der Waals surface area contributed by atoms with Crippen LogP contribution in [0.15, 0.2) is 28.9 Å². The molecule has 0 heterocycles. The van der Waals surface area contributed by atoms with Gasteiger partial charge in [-0.2, -0.15) is 0 Å². The number of hydrogen-bond acceptors (Lipinski definition) is 5. The first-order valence-corrected chi connectivity index (χ1v) is 10.7. The SMILES string of the molecule is CCCCCCCCCCC(N=[N+]=[N-])C1=CC(=O)c2c(OC)ccc(OC)c2C1=O. The zero-order valence-corrected chi connectivity index (χ0v) is 18.1. The number of nitrogens with zero attached hydrogens (tertiary/aromatic N) is 3. The average Bonchev–Trinajstić information content (AvgIpc) is 2.76. The molecule has 0 aliphatic heterocycles. The third-order valence-corrected chi connectivity index (χ3v) is 5.47. The molecule has 0 N–H and O–H groups in total. The Morgan fingerprint density at radius 3 is 2.07 bits per heavy atom. The molecule has 0 bridgehead atoms. The van der Waals surface area contributed by atoms with E-state index >= 15 is 0 Å². The van der Waals surface area contributed by atoms with Crippen molar-refractivity contribution >= 4 is 11.6 Å². The minimum Gasteiger partial charge on any atom is -0.496 e. The van der Waals surface area contributed by atoms with Crippen molar-refractivity contribution < 1.29 is 19.1 Å². The maximum absolute atomic E-state index is 13.2. The number of carbonyl (C=O) groups is 2. The molecular weight excluding hydrogens is 382 g/mol. The Kier molecular flexibility index (Phi) is 9.42. The zero-order chi connectivity index (χ0) is 21.9. The molecule has 0 aromatic heterocycles. The largest absolute Gasteiger partial charge is 0.496 e. The lowest BCUT2D eigenvalue weighted by atomic mass is 9.84. The van der Waals surface area contributed by atoms with E-state index in [1.807, 2.05) is 0 Å². The molecule has 1 atom stereocenters. The summed E-state index contributed by atoms with van der Waals surface area (Å²) in [6, 6.07) is 2.54. The van der Waals surface area contributed by atoms with Crippen LogP contribution < -0.4 is 9.47 Å². The molecule has 1 aliphatic carbocycles. The molecule has 0 saturated carbocycles. The number of rotatable bonds is 13. The number of Topliss-reactive ketones (excluding diaryl/α,β-unsaturated/α-hetero) is 1. The summed E-state index contributed by atoms with van der Waals surface area (Å²) in [6.07, 6.45) is 11.0. The number of azide groups is 1. The Hall–Kier alpha value is -2.79. The van der Waals surface area contributed by atoms with E-state index in [-0.39, 0.29) is 28.3 Å². The lowest BCUT2D eigenvalue weighted by molar-refractivity contribution is 0.0973. The van der Waals surface area contributed by atoms with E-state index in [1.165, 1.54) is 52.4 Å². The highest BCUT2D eigenvalue weighted by Gasteiger charge is 2.34. The Labute approximate surface area is 178 Å². The van der Waals surface area contributed by atoms with Crippen LogP contribution in [-0.4, -0.2) is 31.8 Å². The Morgan fingerprint density at radius 1 is 0.933 bits per heavy atom. The van der Waals surface area contributed by atoms with Crippen LogP contribution in [0.5, 0.6) is 11.5 Å². The molecule has 1 aromatic carbocycles. The van der Waals surface area contributed by atoms with Gasteiger partial charge in [0.25, 0.3) is 0 Å². The number of benzene rings is 1. The van der Waals surface area contributed by atoms with E-state index in [2.05, 4.69) is 16.9 Å². The third-order valence-electron chi connectivity index (χ3n) is 5.47. The molecule has 1 aromatic rings. The second kappa shape index (κ2) is 12.0. The third kappa shape index (κ3) is 5.63. The first-order valence-electron chi connectivity index (χ1n) is 10.7. The van der Waals surface area contributed by atoms with Crippen molar-refractivity contribution in [1.29, 1.82) is 0 Å². The lowest BCUT2D eigenvalue weighted by Crippen LogP contribution is -2.25. The van der Waals surface area contributed by atoms with Crippen molar-refractivity contribution in [3.8, 4) is 11.5 Å². The van der Waals surface area contributed by atoms with Gasteiger partial charge in [-0.15, -0.1) is 0 Å². The molecule has 2 rings (SSSR count). The Balaban J connectivity index is 2.12. The molecule has 0 fully saturated rings. The van der Waals surface area contributed by atoms with Crippen molar-refractivity contribution in [3.05, 3.63) is 45.4 Å². The van der Waals surface area contributed by atoms with Gasteiger partial charge in [0.2, 0.25) is 0 Å². The highest BCUT2D eigenvalue weighted by atomic mass is 16.5. The monoisotopic (exact) mass is 413 g/mol. The zero-order valence-electron chi connectivity index (χ0n) is 18.1. The van der Waals surface area contributed by atoms with E-state index in [4.69, 9.17) is 15.0 Å². The molecule has 30 heavy (non-hydrogen) atoms. The molecular formula is C23H31N3O4. The van der Waals surface area contributed by atoms with Gasteiger partial charge in [-0.3, -0.25) is 9.59 Å². The predicted molar refractivity (Wildman–Crippen MR) is 116 cm³/mol. The quantitative estimate of drug-likeness (QED) is 0.166. The maximum Gasteiger partial charge on any atom is 0.194 e. The fourth-order valence-corrected chi connectivity index (χ4v) is 3.85. The van der Waals surface area contributed by atoms with E-state index in [0.717, 1.165) is 19.3 Å². The predicted octanol–water partition coefficient (Wildman–Crippen LogP) is 6.22. The van der Waals surface area contributed by atoms with E-state index in [9.17, 15) is 9.59 Å². The van der Waals surface area contributed by atoms with Gasteiger partial charge in [0.1, 0.15) is 11.5 Å². The van der Waals surface area contributed by atoms with E-state index in [1.54, 1.807) is 12.1 Å². The number of fused-ring (bicyclic) bond motifs is 1. The van der Waals surface area contributed by atoms with Gasteiger partial charge < -0.3 is 9.47 Å². The molecule has 7 nitrogen and oxygen atoms in total. The first kappa shape index (κ1) is 23.5. The number of carbonyl (C=O) groups excluding carboxylic acids is 2. The van der Waals surface area contributed by atoms with Crippen molar-refractivity contribution in [2.24, 2.45) is 5.11 Å². The van der Waals surface area contributed by atoms with Gasteiger partial charge in [0, 0.05) is 10.5 Å². The van der Waals surface area contributed by atoms with E-state index in [0.29, 0.717) is 17.9 Å². The first-order chi connectivity index (χ1) is 14.6. The molecule has 1 unspecified atom stereocenters.